The van der Waals surface area contributed by atoms with Gasteiger partial charge >= 0.3 is 0 Å². The molecule has 3 aromatic rings. The second kappa shape index (κ2) is 7.89. The van der Waals surface area contributed by atoms with Crippen molar-refractivity contribution in [2.24, 2.45) is 4.99 Å². The summed E-state index contributed by atoms with van der Waals surface area (Å²) in [6.07, 6.45) is 3.70. The van der Waals surface area contributed by atoms with Crippen molar-refractivity contribution in [2.45, 2.75) is 20.4 Å². The molecule has 0 N–H and O–H groups in total. The summed E-state index contributed by atoms with van der Waals surface area (Å²) in [4.78, 5) is 14.1. The molecule has 0 aliphatic carbocycles. The molecule has 0 amide bonds. The van der Waals surface area contributed by atoms with E-state index < -0.39 is 0 Å². The fraction of sp³-hybridized carbons (Fsp3) is 0.304. The minimum atomic E-state index is 0.648. The Balaban J connectivity index is 1.71. The average Bonchev–Trinajstić information content (AvgIpc) is 3.03. The number of aliphatic imine (C=N–C) groups is 1. The molecule has 0 saturated carbocycles. The molecule has 0 radical (unpaired) electrons. The molecule has 0 bridgehead atoms. The summed E-state index contributed by atoms with van der Waals surface area (Å²) in [5.74, 6) is 1.08. The van der Waals surface area contributed by atoms with Gasteiger partial charge in [0, 0.05) is 36.4 Å². The van der Waals surface area contributed by atoms with Gasteiger partial charge in [-0.2, -0.15) is 0 Å². The van der Waals surface area contributed by atoms with Gasteiger partial charge in [0.15, 0.2) is 0 Å². The van der Waals surface area contributed by atoms with Gasteiger partial charge in [-0.05, 0) is 36.2 Å². The summed E-state index contributed by atoms with van der Waals surface area (Å²) in [5.41, 5.74) is 3.66. The lowest BCUT2D eigenvalue weighted by atomic mass is 10.1. The first-order chi connectivity index (χ1) is 13.3. The summed E-state index contributed by atoms with van der Waals surface area (Å²) >= 11 is 0. The Morgan fingerprint density at radius 3 is 2.56 bits per heavy atom. The second-order valence-electron chi connectivity index (χ2n) is 6.86. The number of amidine groups is 1. The molecule has 0 fully saturated rings. The summed E-state index contributed by atoms with van der Waals surface area (Å²) < 4.78 is 0. The molecule has 4 rings (SSSR count). The minimum Gasteiger partial charge on any atom is -0.324 e. The van der Waals surface area contributed by atoms with E-state index in [1.165, 1.54) is 22.0 Å². The van der Waals surface area contributed by atoms with Crippen LogP contribution in [-0.2, 0) is 6.54 Å². The van der Waals surface area contributed by atoms with Gasteiger partial charge < -0.3 is 9.80 Å². The van der Waals surface area contributed by atoms with E-state index in [-0.39, 0.29) is 0 Å². The first-order valence-electron chi connectivity index (χ1n) is 9.77. The highest BCUT2D eigenvalue weighted by Crippen LogP contribution is 2.37. The maximum Gasteiger partial charge on any atom is 0.136 e. The first kappa shape index (κ1) is 17.7. The van der Waals surface area contributed by atoms with Gasteiger partial charge in [0.25, 0.3) is 0 Å². The molecule has 4 nitrogen and oxygen atoms in total. The van der Waals surface area contributed by atoms with Gasteiger partial charge in [-0.15, -0.1) is 0 Å². The molecule has 0 unspecified atom stereocenters. The third-order valence-corrected chi connectivity index (χ3v) is 5.34. The van der Waals surface area contributed by atoms with E-state index in [9.17, 15) is 0 Å². The fourth-order valence-electron chi connectivity index (χ4n) is 3.83. The first-order valence-corrected chi connectivity index (χ1v) is 9.77. The van der Waals surface area contributed by atoms with Crippen molar-refractivity contribution >= 4 is 22.3 Å². The van der Waals surface area contributed by atoms with Crippen LogP contribution in [0.1, 0.15) is 25.0 Å². The van der Waals surface area contributed by atoms with Gasteiger partial charge in [-0.25, -0.2) is 0 Å². The van der Waals surface area contributed by atoms with Gasteiger partial charge in [-0.1, -0.05) is 50.2 Å². The SMILES string of the molecule is CCN(CC)CCN1/C(=N/Cc2cccnc2)c2cccc3cccc1c23. The van der Waals surface area contributed by atoms with Crippen molar-refractivity contribution in [3.05, 3.63) is 72.1 Å². The lowest BCUT2D eigenvalue weighted by molar-refractivity contribution is 0.313. The molecule has 138 valence electrons. The smallest absolute Gasteiger partial charge is 0.136 e. The Hall–Kier alpha value is -2.72. The maximum atomic E-state index is 5.03. The zero-order chi connectivity index (χ0) is 18.6. The highest BCUT2D eigenvalue weighted by Gasteiger charge is 2.27. The van der Waals surface area contributed by atoms with Gasteiger partial charge in [0.1, 0.15) is 5.84 Å². The fourth-order valence-corrected chi connectivity index (χ4v) is 3.83. The highest BCUT2D eigenvalue weighted by molar-refractivity contribution is 6.27. The number of hydrogen-bond donors (Lipinski definition) is 0. The van der Waals surface area contributed by atoms with E-state index in [1.807, 2.05) is 12.3 Å². The molecule has 2 aromatic carbocycles. The van der Waals surface area contributed by atoms with Crippen molar-refractivity contribution in [3.8, 4) is 0 Å². The van der Waals surface area contributed by atoms with Crippen molar-refractivity contribution in [1.29, 1.82) is 0 Å². The van der Waals surface area contributed by atoms with Gasteiger partial charge in [0.05, 0.1) is 12.2 Å². The number of nitrogens with zero attached hydrogens (tertiary/aromatic N) is 4. The lowest BCUT2D eigenvalue weighted by Crippen LogP contribution is -2.37. The number of hydrogen-bond acceptors (Lipinski definition) is 3. The van der Waals surface area contributed by atoms with E-state index in [0.29, 0.717) is 6.54 Å². The Kier molecular flexibility index (Phi) is 5.16. The molecule has 0 spiro atoms. The number of likely N-dealkylation sites (N-methyl/N-ethyl adjacent to an activating group) is 1. The van der Waals surface area contributed by atoms with Crippen molar-refractivity contribution in [3.63, 3.8) is 0 Å². The molecule has 1 aliphatic rings. The van der Waals surface area contributed by atoms with E-state index in [2.05, 4.69) is 71.1 Å². The van der Waals surface area contributed by atoms with E-state index in [1.54, 1.807) is 6.20 Å². The summed E-state index contributed by atoms with van der Waals surface area (Å²) in [6.45, 7) is 9.22. The standard InChI is InChI=1S/C23H26N4/c1-3-26(4-2)14-15-27-21-12-6-10-19-9-5-11-20(22(19)21)23(27)25-17-18-8-7-13-24-16-18/h5-13,16H,3-4,14-15,17H2,1-2H3/b25-23+. The second-order valence-corrected chi connectivity index (χ2v) is 6.86. The number of pyridine rings is 1. The molecular formula is C23H26N4. The maximum absolute atomic E-state index is 5.03. The van der Waals surface area contributed by atoms with E-state index >= 15 is 0 Å². The van der Waals surface area contributed by atoms with Crippen LogP contribution < -0.4 is 4.90 Å². The average molecular weight is 358 g/mol. The van der Waals surface area contributed by atoms with Crippen LogP contribution in [0, 0.1) is 0 Å². The third kappa shape index (κ3) is 3.45. The van der Waals surface area contributed by atoms with Crippen LogP contribution in [0.2, 0.25) is 0 Å². The van der Waals surface area contributed by atoms with E-state index in [4.69, 9.17) is 4.99 Å². The van der Waals surface area contributed by atoms with Crippen LogP contribution in [0.5, 0.6) is 0 Å². The zero-order valence-corrected chi connectivity index (χ0v) is 16.1. The number of aromatic nitrogens is 1. The minimum absolute atomic E-state index is 0.648. The Labute approximate surface area is 161 Å². The van der Waals surface area contributed by atoms with Crippen LogP contribution >= 0.6 is 0 Å². The van der Waals surface area contributed by atoms with Crippen LogP contribution in [0.4, 0.5) is 5.69 Å². The van der Waals surface area contributed by atoms with Crippen LogP contribution in [0.25, 0.3) is 10.8 Å². The molecule has 2 heterocycles. The summed E-state index contributed by atoms with van der Waals surface area (Å²) in [5, 5.41) is 2.61. The lowest BCUT2D eigenvalue weighted by Gasteiger charge is -2.25. The summed E-state index contributed by atoms with van der Waals surface area (Å²) in [7, 11) is 0. The predicted octanol–water partition coefficient (Wildman–Crippen LogP) is 4.34. The number of rotatable bonds is 7. The Morgan fingerprint density at radius 2 is 1.81 bits per heavy atom. The zero-order valence-electron chi connectivity index (χ0n) is 16.1. The van der Waals surface area contributed by atoms with Gasteiger partial charge in [0.2, 0.25) is 0 Å². The Bertz CT molecular complexity index is 940. The van der Waals surface area contributed by atoms with Gasteiger partial charge in [-0.3, -0.25) is 9.98 Å². The van der Waals surface area contributed by atoms with E-state index in [0.717, 1.165) is 37.6 Å². The molecule has 1 aromatic heterocycles. The van der Waals surface area contributed by atoms with Crippen LogP contribution in [0.3, 0.4) is 0 Å². The normalized spacial score (nSPS) is 14.6. The largest absolute Gasteiger partial charge is 0.324 e. The molecule has 0 atom stereocenters. The predicted molar refractivity (Wildman–Crippen MR) is 114 cm³/mol. The third-order valence-electron chi connectivity index (χ3n) is 5.34. The van der Waals surface area contributed by atoms with Crippen molar-refractivity contribution in [2.75, 3.05) is 31.1 Å². The van der Waals surface area contributed by atoms with Crippen LogP contribution in [0.15, 0.2) is 65.9 Å². The molecule has 4 heteroatoms. The quantitative estimate of drug-likeness (QED) is 0.629. The molecular weight excluding hydrogens is 332 g/mol. The van der Waals surface area contributed by atoms with Crippen LogP contribution in [-0.4, -0.2) is 41.9 Å². The monoisotopic (exact) mass is 358 g/mol. The van der Waals surface area contributed by atoms with Crippen molar-refractivity contribution in [1.82, 2.24) is 9.88 Å². The number of anilines is 1. The molecule has 27 heavy (non-hydrogen) atoms. The summed E-state index contributed by atoms with van der Waals surface area (Å²) in [6, 6.07) is 17.1. The number of benzene rings is 2. The molecule has 1 aliphatic heterocycles. The molecule has 0 saturated heterocycles. The highest BCUT2D eigenvalue weighted by atomic mass is 15.2. The topological polar surface area (TPSA) is 31.7 Å². The Morgan fingerprint density at radius 1 is 1.00 bits per heavy atom. The van der Waals surface area contributed by atoms with Crippen molar-refractivity contribution < 1.29 is 0 Å².